The number of nitrogens with zero attached hydrogens (tertiary/aromatic N) is 1. The van der Waals surface area contributed by atoms with Gasteiger partial charge in [-0.25, -0.2) is 9.78 Å². The number of halogens is 3. The van der Waals surface area contributed by atoms with Crippen molar-refractivity contribution >= 4 is 17.7 Å². The van der Waals surface area contributed by atoms with E-state index < -0.39 is 23.7 Å². The van der Waals surface area contributed by atoms with Gasteiger partial charge in [0.05, 0.1) is 11.3 Å². The molecule has 2 aromatic carbocycles. The standard InChI is InChI=1S/C23H24F3N5O4/c24-23(25,26)35-19-6-2-1-5-18(19)29-22(34)31-21-28-14-17(20(33)30-21)16-9-7-15(8-10-16)13-27-11-3-4-12-32/h1-2,5-10,14,27,32H,3-4,11-13H2,(H3,28,29,30,31,33,34). The highest BCUT2D eigenvalue weighted by molar-refractivity contribution is 5.99. The quantitative estimate of drug-likeness (QED) is 0.274. The number of nitrogens with one attached hydrogen (secondary N) is 4. The molecule has 0 aliphatic carbocycles. The van der Waals surface area contributed by atoms with Gasteiger partial charge in [0.15, 0.2) is 5.75 Å². The number of aliphatic hydroxyl groups is 1. The van der Waals surface area contributed by atoms with Crippen LogP contribution < -0.4 is 26.2 Å². The molecule has 0 atom stereocenters. The Hall–Kier alpha value is -3.90. The van der Waals surface area contributed by atoms with Gasteiger partial charge in [-0.05, 0) is 42.6 Å². The van der Waals surface area contributed by atoms with Crippen LogP contribution in [0.5, 0.6) is 5.75 Å². The van der Waals surface area contributed by atoms with Gasteiger partial charge >= 0.3 is 12.4 Å². The summed E-state index contributed by atoms with van der Waals surface area (Å²) < 4.78 is 41.5. The third-order valence-corrected chi connectivity index (χ3v) is 4.75. The fraction of sp³-hybridized carbons (Fsp3) is 0.261. The van der Waals surface area contributed by atoms with Crippen LogP contribution >= 0.6 is 0 Å². The van der Waals surface area contributed by atoms with Crippen molar-refractivity contribution in [2.75, 3.05) is 23.8 Å². The van der Waals surface area contributed by atoms with Gasteiger partial charge in [-0.3, -0.25) is 15.1 Å². The Morgan fingerprint density at radius 2 is 1.80 bits per heavy atom. The number of alkyl halides is 3. The summed E-state index contributed by atoms with van der Waals surface area (Å²) in [7, 11) is 0. The maximum Gasteiger partial charge on any atom is 0.573 e. The molecule has 0 aliphatic heterocycles. The van der Waals surface area contributed by atoms with Gasteiger partial charge in [-0.15, -0.1) is 13.2 Å². The first-order valence-electron chi connectivity index (χ1n) is 10.7. The van der Waals surface area contributed by atoms with Crippen molar-refractivity contribution in [3.8, 4) is 16.9 Å². The monoisotopic (exact) mass is 491 g/mol. The number of benzene rings is 2. The highest BCUT2D eigenvalue weighted by atomic mass is 19.4. The molecule has 5 N–H and O–H groups in total. The number of urea groups is 1. The molecule has 2 amide bonds. The molecule has 0 unspecified atom stereocenters. The van der Waals surface area contributed by atoms with Crippen LogP contribution in [0.1, 0.15) is 18.4 Å². The third kappa shape index (κ3) is 8.12. The molecule has 0 spiro atoms. The number of ether oxygens (including phenoxy) is 1. The Kier molecular flexibility index (Phi) is 8.81. The predicted octanol–water partition coefficient (Wildman–Crippen LogP) is 3.84. The lowest BCUT2D eigenvalue weighted by molar-refractivity contribution is -0.274. The van der Waals surface area contributed by atoms with Gasteiger partial charge in [-0.2, -0.15) is 0 Å². The minimum atomic E-state index is -4.92. The highest BCUT2D eigenvalue weighted by Crippen LogP contribution is 2.29. The van der Waals surface area contributed by atoms with E-state index in [4.69, 9.17) is 5.11 Å². The molecule has 1 heterocycles. The van der Waals surface area contributed by atoms with Gasteiger partial charge < -0.3 is 20.5 Å². The maximum absolute atomic E-state index is 12.5. The number of para-hydroxylation sites is 2. The number of carbonyl (C=O) groups excluding carboxylic acids is 1. The average Bonchev–Trinajstić information content (AvgIpc) is 2.80. The van der Waals surface area contributed by atoms with Gasteiger partial charge in [0.2, 0.25) is 5.95 Å². The van der Waals surface area contributed by atoms with Crippen molar-refractivity contribution in [3.05, 3.63) is 70.6 Å². The number of aromatic nitrogens is 2. The molecule has 186 valence electrons. The second-order valence-corrected chi connectivity index (χ2v) is 7.40. The van der Waals surface area contributed by atoms with Gasteiger partial charge in [-0.1, -0.05) is 36.4 Å². The first kappa shape index (κ1) is 25.7. The summed E-state index contributed by atoms with van der Waals surface area (Å²) in [5.41, 5.74) is 1.20. The van der Waals surface area contributed by atoms with Crippen molar-refractivity contribution < 1.29 is 27.8 Å². The van der Waals surface area contributed by atoms with Crippen LogP contribution in [0.25, 0.3) is 11.1 Å². The fourth-order valence-electron chi connectivity index (χ4n) is 3.11. The first-order valence-corrected chi connectivity index (χ1v) is 10.7. The van der Waals surface area contributed by atoms with Crippen LogP contribution in [0.2, 0.25) is 0 Å². The van der Waals surface area contributed by atoms with Crippen molar-refractivity contribution in [3.63, 3.8) is 0 Å². The Morgan fingerprint density at radius 3 is 2.49 bits per heavy atom. The number of rotatable bonds is 10. The topological polar surface area (TPSA) is 128 Å². The number of anilines is 2. The van der Waals surface area contributed by atoms with Crippen LogP contribution in [0.4, 0.5) is 29.6 Å². The van der Waals surface area contributed by atoms with Crippen LogP contribution in [0, 0.1) is 0 Å². The first-order chi connectivity index (χ1) is 16.7. The smallest absolute Gasteiger partial charge is 0.404 e. The van der Waals surface area contributed by atoms with Crippen molar-refractivity contribution in [1.29, 1.82) is 0 Å². The number of aromatic amines is 1. The molecule has 9 nitrogen and oxygen atoms in total. The van der Waals surface area contributed by atoms with E-state index in [0.29, 0.717) is 12.1 Å². The van der Waals surface area contributed by atoms with Crippen LogP contribution in [-0.2, 0) is 6.54 Å². The minimum Gasteiger partial charge on any atom is -0.404 e. The Morgan fingerprint density at radius 1 is 1.06 bits per heavy atom. The molecule has 0 fully saturated rings. The lowest BCUT2D eigenvalue weighted by atomic mass is 10.1. The van der Waals surface area contributed by atoms with Crippen LogP contribution in [-0.4, -0.2) is 40.6 Å². The number of carbonyl (C=O) groups is 1. The highest BCUT2D eigenvalue weighted by Gasteiger charge is 2.32. The molecule has 0 radical (unpaired) electrons. The van der Waals surface area contributed by atoms with E-state index in [-0.39, 0.29) is 23.8 Å². The molecule has 12 heteroatoms. The largest absolute Gasteiger partial charge is 0.573 e. The molecule has 3 aromatic rings. The molecule has 0 bridgehead atoms. The van der Waals surface area contributed by atoms with E-state index >= 15 is 0 Å². The van der Waals surface area contributed by atoms with E-state index in [1.807, 2.05) is 12.1 Å². The average molecular weight is 491 g/mol. The number of hydrogen-bond acceptors (Lipinski definition) is 6. The lowest BCUT2D eigenvalue weighted by Gasteiger charge is -2.14. The van der Waals surface area contributed by atoms with E-state index in [2.05, 4.69) is 30.7 Å². The van der Waals surface area contributed by atoms with Gasteiger partial charge in [0.25, 0.3) is 5.56 Å². The van der Waals surface area contributed by atoms with E-state index in [1.54, 1.807) is 12.1 Å². The van der Waals surface area contributed by atoms with Gasteiger partial charge in [0.1, 0.15) is 0 Å². The van der Waals surface area contributed by atoms with Crippen molar-refractivity contribution in [2.24, 2.45) is 0 Å². The fourth-order valence-corrected chi connectivity index (χ4v) is 3.11. The number of aliphatic hydroxyl groups excluding tert-OH is 1. The number of unbranched alkanes of at least 4 members (excludes halogenated alkanes) is 1. The molecule has 35 heavy (non-hydrogen) atoms. The third-order valence-electron chi connectivity index (χ3n) is 4.75. The van der Waals surface area contributed by atoms with Crippen molar-refractivity contribution in [2.45, 2.75) is 25.7 Å². The molecular formula is C23H24F3N5O4. The molecule has 0 saturated heterocycles. The summed E-state index contributed by atoms with van der Waals surface area (Å²) in [4.78, 5) is 31.2. The lowest BCUT2D eigenvalue weighted by Crippen LogP contribution is -2.24. The van der Waals surface area contributed by atoms with E-state index in [0.717, 1.165) is 31.0 Å². The predicted molar refractivity (Wildman–Crippen MR) is 124 cm³/mol. The summed E-state index contributed by atoms with van der Waals surface area (Å²) in [6.07, 6.45) is -2.01. The summed E-state index contributed by atoms with van der Waals surface area (Å²) in [6, 6.07) is 11.4. The van der Waals surface area contributed by atoms with E-state index in [1.165, 1.54) is 24.4 Å². The van der Waals surface area contributed by atoms with E-state index in [9.17, 15) is 22.8 Å². The molecule has 0 saturated carbocycles. The summed E-state index contributed by atoms with van der Waals surface area (Å²) in [5, 5.41) is 16.5. The maximum atomic E-state index is 12.5. The SMILES string of the molecule is O=C(Nc1ncc(-c2ccc(CNCCCCO)cc2)c(=O)[nH]1)Nc1ccccc1OC(F)(F)F. The molecular weight excluding hydrogens is 467 g/mol. The molecule has 0 aliphatic rings. The van der Waals surface area contributed by atoms with Crippen LogP contribution in [0.3, 0.4) is 0 Å². The summed E-state index contributed by atoms with van der Waals surface area (Å²) in [5.74, 6) is -0.773. The normalized spacial score (nSPS) is 11.2. The second-order valence-electron chi connectivity index (χ2n) is 7.40. The Labute approximate surface area is 198 Å². The zero-order valence-electron chi connectivity index (χ0n) is 18.5. The van der Waals surface area contributed by atoms with Crippen molar-refractivity contribution in [1.82, 2.24) is 15.3 Å². The number of H-pyrrole nitrogens is 1. The Bertz CT molecular complexity index is 1180. The minimum absolute atomic E-state index is 0.169. The van der Waals surface area contributed by atoms with Crippen LogP contribution in [0.15, 0.2) is 59.5 Å². The zero-order valence-corrected chi connectivity index (χ0v) is 18.5. The number of amides is 2. The molecule has 1 aromatic heterocycles. The summed E-state index contributed by atoms with van der Waals surface area (Å²) in [6.45, 7) is 1.60. The zero-order chi connectivity index (χ0) is 25.3. The Balaban J connectivity index is 1.61. The summed E-state index contributed by atoms with van der Waals surface area (Å²) >= 11 is 0. The second kappa shape index (κ2) is 12.0. The number of hydrogen-bond donors (Lipinski definition) is 5. The molecule has 3 rings (SSSR count). The van der Waals surface area contributed by atoms with Gasteiger partial charge in [0, 0.05) is 19.3 Å².